The first-order chi connectivity index (χ1) is 14.1. The lowest BCUT2D eigenvalue weighted by molar-refractivity contribution is 0.253. The number of hydrogen-bond acceptors (Lipinski definition) is 6. The number of hydrogen-bond donors (Lipinski definition) is 2. The number of nitrogens with one attached hydrogen (secondary N) is 1. The largest absolute Gasteiger partial charge is 0.381 e. The zero-order chi connectivity index (χ0) is 20.2. The highest BCUT2D eigenvalue weighted by molar-refractivity contribution is 7.17. The molecule has 2 unspecified atom stereocenters. The van der Waals surface area contributed by atoms with Gasteiger partial charge in [-0.25, -0.2) is 14.4 Å². The van der Waals surface area contributed by atoms with Crippen LogP contribution in [0.1, 0.15) is 37.4 Å². The predicted molar refractivity (Wildman–Crippen MR) is 113 cm³/mol. The fourth-order valence-corrected chi connectivity index (χ4v) is 4.57. The third-order valence-corrected chi connectivity index (χ3v) is 6.12. The molecule has 5 nitrogen and oxygen atoms in total. The standard InChI is InChI=1S/C22H23FN4OS/c1-14(28)5-6-16-13-29-21-19(4-2-3-15-7-9-24-11-15)26-22(27-20(16)21)17-8-10-25-12-18(17)23/h8,10,12-15,24,28H,2-4,7,9,11H2,1H3. The third kappa shape index (κ3) is 4.61. The fourth-order valence-electron chi connectivity index (χ4n) is 3.61. The van der Waals surface area contributed by atoms with Crippen LogP contribution in [0, 0.1) is 23.6 Å². The molecule has 0 spiro atoms. The molecule has 1 aliphatic heterocycles. The van der Waals surface area contributed by atoms with Crippen LogP contribution < -0.4 is 5.32 Å². The van der Waals surface area contributed by atoms with Gasteiger partial charge in [0.1, 0.15) is 11.6 Å². The quantitative estimate of drug-likeness (QED) is 0.630. The summed E-state index contributed by atoms with van der Waals surface area (Å²) in [5.74, 6) is 6.40. The Morgan fingerprint density at radius 1 is 1.41 bits per heavy atom. The summed E-state index contributed by atoms with van der Waals surface area (Å²) in [6.45, 7) is 3.81. The van der Waals surface area contributed by atoms with Gasteiger partial charge in [-0.15, -0.1) is 11.3 Å². The van der Waals surface area contributed by atoms with Crippen LogP contribution in [0.4, 0.5) is 4.39 Å². The second-order valence-electron chi connectivity index (χ2n) is 7.37. The van der Waals surface area contributed by atoms with Crippen molar-refractivity contribution in [1.29, 1.82) is 0 Å². The summed E-state index contributed by atoms with van der Waals surface area (Å²) in [5, 5.41) is 14.8. The first-order valence-corrected chi connectivity index (χ1v) is 10.8. The van der Waals surface area contributed by atoms with Gasteiger partial charge in [0.25, 0.3) is 0 Å². The van der Waals surface area contributed by atoms with Crippen molar-refractivity contribution >= 4 is 21.6 Å². The average molecular weight is 411 g/mol. The van der Waals surface area contributed by atoms with Gasteiger partial charge in [-0.3, -0.25) is 4.98 Å². The molecule has 2 atom stereocenters. The van der Waals surface area contributed by atoms with Crippen molar-refractivity contribution in [2.24, 2.45) is 5.92 Å². The van der Waals surface area contributed by atoms with Crippen LogP contribution in [0.15, 0.2) is 23.8 Å². The van der Waals surface area contributed by atoms with E-state index in [9.17, 15) is 9.50 Å². The van der Waals surface area contributed by atoms with Crippen LogP contribution in [0.2, 0.25) is 0 Å². The Morgan fingerprint density at radius 3 is 3.07 bits per heavy atom. The van der Waals surface area contributed by atoms with E-state index in [0.29, 0.717) is 11.4 Å². The number of thiophene rings is 1. The van der Waals surface area contributed by atoms with Crippen molar-refractivity contribution in [3.05, 3.63) is 40.9 Å². The molecule has 0 radical (unpaired) electrons. The molecule has 4 rings (SSSR count). The molecule has 4 heterocycles. The number of halogens is 1. The van der Waals surface area contributed by atoms with Gasteiger partial charge in [-0.1, -0.05) is 11.8 Å². The number of pyridine rings is 1. The number of aryl methyl sites for hydroxylation is 1. The highest BCUT2D eigenvalue weighted by Crippen LogP contribution is 2.31. The zero-order valence-electron chi connectivity index (χ0n) is 16.3. The molecule has 7 heteroatoms. The maximum Gasteiger partial charge on any atom is 0.163 e. The summed E-state index contributed by atoms with van der Waals surface area (Å²) in [6, 6.07) is 1.60. The van der Waals surface area contributed by atoms with Crippen LogP contribution in [0.5, 0.6) is 0 Å². The Balaban J connectivity index is 1.72. The van der Waals surface area contributed by atoms with E-state index >= 15 is 0 Å². The van der Waals surface area contributed by atoms with E-state index in [1.807, 2.05) is 5.38 Å². The molecule has 2 N–H and O–H groups in total. The van der Waals surface area contributed by atoms with Gasteiger partial charge in [0.05, 0.1) is 27.7 Å². The van der Waals surface area contributed by atoms with Crippen LogP contribution in [-0.4, -0.2) is 39.3 Å². The minimum atomic E-state index is -0.719. The number of aliphatic hydroxyl groups excluding tert-OH is 1. The molecule has 29 heavy (non-hydrogen) atoms. The monoisotopic (exact) mass is 410 g/mol. The Hall–Kier alpha value is -2.40. The van der Waals surface area contributed by atoms with Crippen molar-refractivity contribution in [2.45, 2.75) is 38.7 Å². The van der Waals surface area contributed by atoms with Crippen LogP contribution >= 0.6 is 11.3 Å². The van der Waals surface area contributed by atoms with Gasteiger partial charge < -0.3 is 10.4 Å². The van der Waals surface area contributed by atoms with E-state index in [-0.39, 0.29) is 0 Å². The number of aromatic nitrogens is 3. The van der Waals surface area contributed by atoms with Gasteiger partial charge in [-0.05, 0) is 57.7 Å². The molecule has 0 aromatic carbocycles. The average Bonchev–Trinajstić information content (AvgIpc) is 3.36. The summed E-state index contributed by atoms with van der Waals surface area (Å²) in [5.41, 5.74) is 2.73. The summed E-state index contributed by atoms with van der Waals surface area (Å²) in [7, 11) is 0. The molecule has 0 amide bonds. The Kier molecular flexibility index (Phi) is 6.14. The SMILES string of the molecule is CC(O)C#Cc1csc2c(CCCC3CCNC3)nc(-c3ccncc3F)nc12. The molecule has 150 valence electrons. The van der Waals surface area contributed by atoms with E-state index in [1.54, 1.807) is 30.5 Å². The summed E-state index contributed by atoms with van der Waals surface area (Å²) in [4.78, 5) is 13.2. The lowest BCUT2D eigenvalue weighted by Crippen LogP contribution is -2.09. The van der Waals surface area contributed by atoms with Crippen molar-refractivity contribution in [3.63, 3.8) is 0 Å². The second-order valence-corrected chi connectivity index (χ2v) is 8.25. The Morgan fingerprint density at radius 2 is 2.31 bits per heavy atom. The molecule has 1 fully saturated rings. The second kappa shape index (κ2) is 8.95. The zero-order valence-corrected chi connectivity index (χ0v) is 17.1. The molecule has 0 bridgehead atoms. The summed E-state index contributed by atoms with van der Waals surface area (Å²) >= 11 is 1.56. The maximum absolute atomic E-state index is 14.3. The van der Waals surface area contributed by atoms with Crippen molar-refractivity contribution in [2.75, 3.05) is 13.1 Å². The van der Waals surface area contributed by atoms with E-state index in [0.717, 1.165) is 59.7 Å². The number of rotatable bonds is 5. The maximum atomic E-state index is 14.3. The normalized spacial score (nSPS) is 17.3. The highest BCUT2D eigenvalue weighted by Gasteiger charge is 2.18. The fraction of sp³-hybridized carbons (Fsp3) is 0.409. The first kappa shape index (κ1) is 19.9. The van der Waals surface area contributed by atoms with Crippen molar-refractivity contribution in [1.82, 2.24) is 20.3 Å². The lowest BCUT2D eigenvalue weighted by atomic mass is 10.0. The molecular formula is C22H23FN4OS. The molecule has 3 aromatic heterocycles. The van der Waals surface area contributed by atoms with Crippen molar-refractivity contribution < 1.29 is 9.50 Å². The van der Waals surface area contributed by atoms with Gasteiger partial charge in [-0.2, -0.15) is 0 Å². The third-order valence-electron chi connectivity index (χ3n) is 5.10. The molecule has 0 saturated carbocycles. The Bertz CT molecular complexity index is 1060. The molecule has 1 aliphatic rings. The minimum Gasteiger partial charge on any atom is -0.381 e. The van der Waals surface area contributed by atoms with Crippen LogP contribution in [0.25, 0.3) is 21.6 Å². The smallest absolute Gasteiger partial charge is 0.163 e. The number of fused-ring (bicyclic) bond motifs is 1. The van der Waals surface area contributed by atoms with Gasteiger partial charge in [0, 0.05) is 11.6 Å². The first-order valence-electron chi connectivity index (χ1n) is 9.90. The minimum absolute atomic E-state index is 0.337. The van der Waals surface area contributed by atoms with Gasteiger partial charge >= 0.3 is 0 Å². The molecule has 3 aromatic rings. The van der Waals surface area contributed by atoms with Crippen molar-refractivity contribution in [3.8, 4) is 23.2 Å². The van der Waals surface area contributed by atoms with E-state index < -0.39 is 11.9 Å². The van der Waals surface area contributed by atoms with E-state index in [1.165, 1.54) is 12.6 Å². The lowest BCUT2D eigenvalue weighted by Gasteiger charge is -2.09. The number of aliphatic hydroxyl groups is 1. The van der Waals surface area contributed by atoms with Gasteiger partial charge in [0.15, 0.2) is 11.6 Å². The molecule has 1 saturated heterocycles. The van der Waals surface area contributed by atoms with Crippen LogP contribution in [0.3, 0.4) is 0 Å². The summed E-state index contributed by atoms with van der Waals surface area (Å²) in [6.07, 6.45) is 6.23. The van der Waals surface area contributed by atoms with E-state index in [2.05, 4.69) is 27.1 Å². The van der Waals surface area contributed by atoms with Gasteiger partial charge in [0.2, 0.25) is 0 Å². The number of nitrogens with zero attached hydrogens (tertiary/aromatic N) is 3. The molecular weight excluding hydrogens is 387 g/mol. The topological polar surface area (TPSA) is 70.9 Å². The predicted octanol–water partition coefficient (Wildman–Crippen LogP) is 3.56. The molecule has 0 aliphatic carbocycles. The van der Waals surface area contributed by atoms with E-state index in [4.69, 9.17) is 4.98 Å². The summed E-state index contributed by atoms with van der Waals surface area (Å²) < 4.78 is 15.3. The van der Waals surface area contributed by atoms with Crippen LogP contribution in [-0.2, 0) is 6.42 Å². The highest BCUT2D eigenvalue weighted by atomic mass is 32.1. The Labute approximate surface area is 173 Å².